The number of aromatic nitrogens is 5. The van der Waals surface area contributed by atoms with Crippen molar-refractivity contribution in [3.8, 4) is 33.9 Å². The number of nitrogens with zero attached hydrogens (tertiary/aromatic N) is 5. The molecule has 9 aromatic rings. The Hall–Kier alpha value is -6.07. The van der Waals surface area contributed by atoms with Crippen LogP contribution in [0, 0.1) is 0 Å². The molecule has 9 rings (SSSR count). The van der Waals surface area contributed by atoms with Gasteiger partial charge < -0.3 is 9.13 Å². The Kier molecular flexibility index (Phi) is 5.43. The van der Waals surface area contributed by atoms with Gasteiger partial charge in [0.2, 0.25) is 0 Å². The van der Waals surface area contributed by atoms with Gasteiger partial charge in [0.1, 0.15) is 0 Å². The van der Waals surface area contributed by atoms with Gasteiger partial charge in [0.15, 0.2) is 0 Å². The van der Waals surface area contributed by atoms with E-state index in [4.69, 9.17) is 4.98 Å². The maximum Gasteiger partial charge on any atom is 0.0985 e. The third-order valence-corrected chi connectivity index (χ3v) is 8.48. The maximum atomic E-state index is 5.11. The Balaban J connectivity index is 1.35. The zero-order valence-electron chi connectivity index (χ0n) is 23.7. The van der Waals surface area contributed by atoms with Crippen LogP contribution in [0.4, 0.5) is 0 Å². The van der Waals surface area contributed by atoms with Crippen molar-refractivity contribution in [2.45, 2.75) is 0 Å². The van der Waals surface area contributed by atoms with Gasteiger partial charge in [-0.3, -0.25) is 15.0 Å². The number of fused-ring (bicyclic) bond motifs is 7. The lowest BCUT2D eigenvalue weighted by Gasteiger charge is -2.13. The van der Waals surface area contributed by atoms with Crippen LogP contribution in [0.2, 0.25) is 0 Å². The van der Waals surface area contributed by atoms with Crippen molar-refractivity contribution in [2.24, 2.45) is 0 Å². The first-order chi connectivity index (χ1) is 21.8. The molecule has 0 aliphatic carbocycles. The molecule has 5 heterocycles. The van der Waals surface area contributed by atoms with E-state index >= 15 is 0 Å². The molecule has 0 saturated heterocycles. The SMILES string of the molecule is c1ccc(-c2ccc(-n3c4ccccc4c4cnc5c6ccccc6n(-c6ccc(-c7ccccn7)cc6)c5c43)cc2)nc1. The molecular formula is C39H25N5. The Morgan fingerprint density at radius 3 is 1.45 bits per heavy atom. The van der Waals surface area contributed by atoms with Gasteiger partial charge in [-0.05, 0) is 60.7 Å². The summed E-state index contributed by atoms with van der Waals surface area (Å²) in [7, 11) is 0. The van der Waals surface area contributed by atoms with E-state index in [-0.39, 0.29) is 0 Å². The summed E-state index contributed by atoms with van der Waals surface area (Å²) >= 11 is 0. The van der Waals surface area contributed by atoms with Crippen molar-refractivity contribution in [2.75, 3.05) is 0 Å². The topological polar surface area (TPSA) is 48.5 Å². The van der Waals surface area contributed by atoms with Crippen molar-refractivity contribution in [3.05, 3.63) is 152 Å². The quantitative estimate of drug-likeness (QED) is 0.214. The molecule has 0 aliphatic heterocycles. The lowest BCUT2D eigenvalue weighted by Crippen LogP contribution is -1.99. The highest BCUT2D eigenvalue weighted by molar-refractivity contribution is 6.22. The summed E-state index contributed by atoms with van der Waals surface area (Å²) in [5.41, 5.74) is 11.7. The van der Waals surface area contributed by atoms with E-state index in [1.54, 1.807) is 0 Å². The molecule has 0 amide bonds. The fraction of sp³-hybridized carbons (Fsp3) is 0. The van der Waals surface area contributed by atoms with Crippen molar-refractivity contribution < 1.29 is 0 Å². The molecule has 0 N–H and O–H groups in total. The minimum Gasteiger partial charge on any atom is -0.307 e. The van der Waals surface area contributed by atoms with Gasteiger partial charge in [-0.2, -0.15) is 0 Å². The van der Waals surface area contributed by atoms with E-state index in [0.717, 1.165) is 72.2 Å². The molecule has 0 bridgehead atoms. The van der Waals surface area contributed by atoms with Crippen LogP contribution in [0.15, 0.2) is 152 Å². The second-order valence-corrected chi connectivity index (χ2v) is 10.9. The first-order valence-electron chi connectivity index (χ1n) is 14.7. The molecule has 0 radical (unpaired) electrons. The Morgan fingerprint density at radius 1 is 0.386 bits per heavy atom. The van der Waals surface area contributed by atoms with E-state index in [9.17, 15) is 0 Å². The van der Waals surface area contributed by atoms with Gasteiger partial charge in [-0.1, -0.05) is 72.8 Å². The molecule has 5 nitrogen and oxygen atoms in total. The first-order valence-corrected chi connectivity index (χ1v) is 14.7. The maximum absolute atomic E-state index is 5.11. The van der Waals surface area contributed by atoms with Crippen molar-refractivity contribution in [1.82, 2.24) is 24.1 Å². The molecule has 0 unspecified atom stereocenters. The zero-order valence-corrected chi connectivity index (χ0v) is 23.7. The Bertz CT molecular complexity index is 2280. The third kappa shape index (κ3) is 3.69. The normalized spacial score (nSPS) is 11.6. The monoisotopic (exact) mass is 563 g/mol. The van der Waals surface area contributed by atoms with Gasteiger partial charge >= 0.3 is 0 Å². The number of hydrogen-bond donors (Lipinski definition) is 0. The van der Waals surface area contributed by atoms with Crippen LogP contribution in [0.5, 0.6) is 0 Å². The summed E-state index contributed by atoms with van der Waals surface area (Å²) in [6, 6.07) is 46.5. The van der Waals surface area contributed by atoms with Crippen LogP contribution in [-0.2, 0) is 0 Å². The van der Waals surface area contributed by atoms with Gasteiger partial charge in [-0.15, -0.1) is 0 Å². The molecule has 0 spiro atoms. The van der Waals surface area contributed by atoms with Crippen LogP contribution >= 0.6 is 0 Å². The minimum atomic E-state index is 0.958. The number of pyridine rings is 3. The zero-order chi connectivity index (χ0) is 29.0. The van der Waals surface area contributed by atoms with Crippen molar-refractivity contribution in [1.29, 1.82) is 0 Å². The summed E-state index contributed by atoms with van der Waals surface area (Å²) in [6.07, 6.45) is 5.71. The Labute approximate surface area is 253 Å². The first kappa shape index (κ1) is 24.5. The van der Waals surface area contributed by atoms with Crippen LogP contribution in [0.1, 0.15) is 0 Å². The second-order valence-electron chi connectivity index (χ2n) is 10.9. The van der Waals surface area contributed by atoms with Gasteiger partial charge in [0.25, 0.3) is 0 Å². The number of para-hydroxylation sites is 2. The molecule has 0 saturated carbocycles. The number of hydrogen-bond acceptors (Lipinski definition) is 3. The smallest absolute Gasteiger partial charge is 0.0985 e. The van der Waals surface area contributed by atoms with Gasteiger partial charge in [0.05, 0.1) is 39.0 Å². The predicted octanol–water partition coefficient (Wildman–Crippen LogP) is 9.40. The van der Waals surface area contributed by atoms with E-state index in [2.05, 4.69) is 116 Å². The lowest BCUT2D eigenvalue weighted by molar-refractivity contribution is 1.14. The van der Waals surface area contributed by atoms with Crippen molar-refractivity contribution in [3.63, 3.8) is 0 Å². The molecule has 4 aromatic carbocycles. The molecule has 44 heavy (non-hydrogen) atoms. The molecule has 5 aromatic heterocycles. The highest BCUT2D eigenvalue weighted by Crippen LogP contribution is 2.40. The number of benzene rings is 4. The second kappa shape index (κ2) is 9.75. The van der Waals surface area contributed by atoms with Crippen LogP contribution in [-0.4, -0.2) is 24.1 Å². The van der Waals surface area contributed by atoms with E-state index in [1.807, 2.05) is 55.0 Å². The molecule has 0 aliphatic rings. The average molecular weight is 564 g/mol. The average Bonchev–Trinajstić information content (AvgIpc) is 3.62. The molecule has 0 fully saturated rings. The van der Waals surface area contributed by atoms with Crippen molar-refractivity contribution >= 4 is 43.7 Å². The lowest BCUT2D eigenvalue weighted by atomic mass is 10.1. The van der Waals surface area contributed by atoms with Crippen LogP contribution < -0.4 is 0 Å². The standard InChI is InChI=1S/C39H25N5/c1-3-13-35-30(9-1)32-25-42-37-31-10-2-4-14-36(31)44(29-21-17-27(18-22-29)34-12-6-8-24-41-34)39(37)38(32)43(35)28-19-15-26(16-20-28)33-11-5-7-23-40-33/h1-25H. The molecule has 206 valence electrons. The van der Waals surface area contributed by atoms with Gasteiger partial charge in [-0.25, -0.2) is 0 Å². The summed E-state index contributed by atoms with van der Waals surface area (Å²) in [5.74, 6) is 0. The third-order valence-electron chi connectivity index (χ3n) is 8.48. The fourth-order valence-corrected chi connectivity index (χ4v) is 6.50. The van der Waals surface area contributed by atoms with Gasteiger partial charge in [0, 0.05) is 57.3 Å². The van der Waals surface area contributed by atoms with E-state index < -0.39 is 0 Å². The Morgan fingerprint density at radius 2 is 0.886 bits per heavy atom. The summed E-state index contributed by atoms with van der Waals surface area (Å²) in [6.45, 7) is 0. The van der Waals surface area contributed by atoms with E-state index in [0.29, 0.717) is 0 Å². The minimum absolute atomic E-state index is 0.958. The highest BCUT2D eigenvalue weighted by Gasteiger charge is 2.22. The number of rotatable bonds is 4. The highest BCUT2D eigenvalue weighted by atomic mass is 15.1. The molecule has 5 heteroatoms. The largest absolute Gasteiger partial charge is 0.307 e. The predicted molar refractivity (Wildman–Crippen MR) is 179 cm³/mol. The summed E-state index contributed by atoms with van der Waals surface area (Å²) < 4.78 is 4.74. The summed E-state index contributed by atoms with van der Waals surface area (Å²) in [4.78, 5) is 14.2. The van der Waals surface area contributed by atoms with Crippen LogP contribution in [0.25, 0.3) is 77.6 Å². The summed E-state index contributed by atoms with van der Waals surface area (Å²) in [5, 5.41) is 3.42. The van der Waals surface area contributed by atoms with Crippen LogP contribution in [0.3, 0.4) is 0 Å². The fourth-order valence-electron chi connectivity index (χ4n) is 6.50. The molecular weight excluding hydrogens is 538 g/mol. The molecule has 0 atom stereocenters. The van der Waals surface area contributed by atoms with E-state index in [1.165, 1.54) is 5.39 Å².